The number of rotatable bonds is 3. The Bertz CT molecular complexity index is 706. The predicted molar refractivity (Wildman–Crippen MR) is 101 cm³/mol. The molecule has 1 atom stereocenters. The lowest BCUT2D eigenvalue weighted by Gasteiger charge is -2.62. The molecule has 2 aliphatic heterocycles. The summed E-state index contributed by atoms with van der Waals surface area (Å²) in [5, 5.41) is 9.64. The van der Waals surface area contributed by atoms with Gasteiger partial charge in [-0.1, -0.05) is 18.2 Å². The molecule has 0 radical (unpaired) electrons. The Balaban J connectivity index is 1.54. The SMILES string of the molecule is CC(C)N1CC2(CCN(c3ccccn3)CC2)C1c1ccc(O)cc1. The molecule has 3 heterocycles. The van der Waals surface area contributed by atoms with E-state index in [2.05, 4.69) is 52.9 Å². The van der Waals surface area contributed by atoms with Crippen LogP contribution in [0.1, 0.15) is 38.3 Å². The Morgan fingerprint density at radius 3 is 2.40 bits per heavy atom. The van der Waals surface area contributed by atoms with Gasteiger partial charge >= 0.3 is 0 Å². The van der Waals surface area contributed by atoms with Gasteiger partial charge in [-0.3, -0.25) is 4.90 Å². The Labute approximate surface area is 150 Å². The minimum Gasteiger partial charge on any atom is -0.508 e. The summed E-state index contributed by atoms with van der Waals surface area (Å²) in [7, 11) is 0. The number of nitrogens with zero attached hydrogens (tertiary/aromatic N) is 3. The van der Waals surface area contributed by atoms with Gasteiger partial charge in [-0.15, -0.1) is 0 Å². The topological polar surface area (TPSA) is 39.6 Å². The van der Waals surface area contributed by atoms with Gasteiger partial charge in [-0.2, -0.15) is 0 Å². The van der Waals surface area contributed by atoms with Gasteiger partial charge in [0.1, 0.15) is 11.6 Å². The number of piperidine rings is 1. The highest BCUT2D eigenvalue weighted by Gasteiger charge is 2.54. The lowest BCUT2D eigenvalue weighted by Crippen LogP contribution is -2.63. The molecule has 4 heteroatoms. The van der Waals surface area contributed by atoms with Crippen LogP contribution in [0.15, 0.2) is 48.7 Å². The first kappa shape index (κ1) is 16.4. The molecule has 132 valence electrons. The van der Waals surface area contributed by atoms with Crippen LogP contribution in [0.3, 0.4) is 0 Å². The van der Waals surface area contributed by atoms with E-state index in [1.807, 2.05) is 24.4 Å². The molecule has 1 aromatic heterocycles. The van der Waals surface area contributed by atoms with Crippen molar-refractivity contribution in [1.82, 2.24) is 9.88 Å². The number of aromatic nitrogens is 1. The Kier molecular flexibility index (Phi) is 4.16. The molecule has 1 spiro atoms. The standard InChI is InChI=1S/C21H27N3O/c1-16(2)24-15-21(20(24)17-6-8-18(25)9-7-17)10-13-23(14-11-21)19-5-3-4-12-22-19/h3-9,12,16,20,25H,10-11,13-15H2,1-2H3. The molecule has 1 N–H and O–H groups in total. The zero-order valence-electron chi connectivity index (χ0n) is 15.1. The van der Waals surface area contributed by atoms with Crippen molar-refractivity contribution in [2.75, 3.05) is 24.5 Å². The summed E-state index contributed by atoms with van der Waals surface area (Å²) in [6.45, 7) is 7.87. The molecular formula is C21H27N3O. The molecule has 4 nitrogen and oxygen atoms in total. The van der Waals surface area contributed by atoms with Crippen molar-refractivity contribution in [1.29, 1.82) is 0 Å². The number of benzene rings is 1. The number of anilines is 1. The Morgan fingerprint density at radius 2 is 1.80 bits per heavy atom. The van der Waals surface area contributed by atoms with E-state index in [4.69, 9.17) is 0 Å². The summed E-state index contributed by atoms with van der Waals surface area (Å²) in [5.41, 5.74) is 1.69. The third kappa shape index (κ3) is 2.89. The van der Waals surface area contributed by atoms with Crippen LogP contribution in [0.2, 0.25) is 0 Å². The van der Waals surface area contributed by atoms with E-state index < -0.39 is 0 Å². The fourth-order valence-corrected chi connectivity index (χ4v) is 4.62. The highest BCUT2D eigenvalue weighted by Crippen LogP contribution is 2.55. The van der Waals surface area contributed by atoms with Crippen molar-refractivity contribution >= 4 is 5.82 Å². The van der Waals surface area contributed by atoms with Gasteiger partial charge in [0.2, 0.25) is 0 Å². The molecule has 0 bridgehead atoms. The Hall–Kier alpha value is -2.07. The molecule has 25 heavy (non-hydrogen) atoms. The van der Waals surface area contributed by atoms with Crippen LogP contribution < -0.4 is 4.90 Å². The minimum atomic E-state index is 0.346. The number of pyridine rings is 1. The zero-order valence-corrected chi connectivity index (χ0v) is 15.1. The number of hydrogen-bond donors (Lipinski definition) is 1. The number of phenols is 1. The second-order valence-corrected chi connectivity index (χ2v) is 7.80. The smallest absolute Gasteiger partial charge is 0.128 e. The van der Waals surface area contributed by atoms with Gasteiger partial charge in [0, 0.05) is 43.3 Å². The largest absolute Gasteiger partial charge is 0.508 e. The van der Waals surface area contributed by atoms with E-state index in [9.17, 15) is 5.11 Å². The van der Waals surface area contributed by atoms with Gasteiger partial charge in [0.25, 0.3) is 0 Å². The van der Waals surface area contributed by atoms with Crippen molar-refractivity contribution in [2.24, 2.45) is 5.41 Å². The summed E-state index contributed by atoms with van der Waals surface area (Å²) in [4.78, 5) is 9.53. The van der Waals surface area contributed by atoms with Crippen LogP contribution in [-0.4, -0.2) is 40.7 Å². The second-order valence-electron chi connectivity index (χ2n) is 7.80. The van der Waals surface area contributed by atoms with Crippen molar-refractivity contribution in [3.63, 3.8) is 0 Å². The molecule has 0 amide bonds. The molecular weight excluding hydrogens is 310 g/mol. The molecule has 2 fully saturated rings. The van der Waals surface area contributed by atoms with Gasteiger partial charge in [-0.25, -0.2) is 4.98 Å². The quantitative estimate of drug-likeness (QED) is 0.924. The third-order valence-electron chi connectivity index (χ3n) is 6.01. The van der Waals surface area contributed by atoms with Crippen LogP contribution in [0.4, 0.5) is 5.82 Å². The van der Waals surface area contributed by atoms with Crippen LogP contribution in [0.5, 0.6) is 5.75 Å². The number of hydrogen-bond acceptors (Lipinski definition) is 4. The summed E-state index contributed by atoms with van der Waals surface area (Å²) in [5.74, 6) is 1.44. The maximum Gasteiger partial charge on any atom is 0.128 e. The van der Waals surface area contributed by atoms with E-state index in [1.54, 1.807) is 0 Å². The number of likely N-dealkylation sites (tertiary alicyclic amines) is 1. The monoisotopic (exact) mass is 337 g/mol. The summed E-state index contributed by atoms with van der Waals surface area (Å²) in [6.07, 6.45) is 4.26. The summed E-state index contributed by atoms with van der Waals surface area (Å²) in [6, 6.07) is 15.0. The highest BCUT2D eigenvalue weighted by atomic mass is 16.3. The molecule has 2 aromatic rings. The van der Waals surface area contributed by atoms with Gasteiger partial charge in [0.05, 0.1) is 0 Å². The molecule has 1 unspecified atom stereocenters. The molecule has 2 saturated heterocycles. The zero-order chi connectivity index (χ0) is 17.4. The first-order valence-corrected chi connectivity index (χ1v) is 9.30. The fraction of sp³-hybridized carbons (Fsp3) is 0.476. The number of aromatic hydroxyl groups is 1. The molecule has 0 saturated carbocycles. The van der Waals surface area contributed by atoms with E-state index in [1.165, 1.54) is 24.9 Å². The normalized spacial score (nSPS) is 23.0. The molecule has 1 aromatic carbocycles. The van der Waals surface area contributed by atoms with Crippen molar-refractivity contribution < 1.29 is 5.11 Å². The molecule has 4 rings (SSSR count). The lowest BCUT2D eigenvalue weighted by molar-refractivity contribution is -0.111. The molecule has 0 aliphatic carbocycles. The van der Waals surface area contributed by atoms with E-state index in [0.29, 0.717) is 23.2 Å². The number of phenolic OH excluding ortho intramolecular Hbond substituents is 1. The summed E-state index contributed by atoms with van der Waals surface area (Å²) < 4.78 is 0. The van der Waals surface area contributed by atoms with Crippen molar-refractivity contribution in [3.8, 4) is 5.75 Å². The Morgan fingerprint density at radius 1 is 1.08 bits per heavy atom. The maximum atomic E-state index is 9.64. The van der Waals surface area contributed by atoms with Gasteiger partial charge < -0.3 is 10.0 Å². The average Bonchev–Trinajstić information content (AvgIpc) is 2.62. The van der Waals surface area contributed by atoms with Crippen LogP contribution in [0.25, 0.3) is 0 Å². The van der Waals surface area contributed by atoms with Crippen molar-refractivity contribution in [2.45, 2.75) is 38.8 Å². The van der Waals surface area contributed by atoms with Crippen LogP contribution in [0, 0.1) is 5.41 Å². The first-order chi connectivity index (χ1) is 12.1. The highest BCUT2D eigenvalue weighted by molar-refractivity contribution is 5.39. The molecule has 2 aliphatic rings. The van der Waals surface area contributed by atoms with Gasteiger partial charge in [-0.05, 0) is 56.5 Å². The van der Waals surface area contributed by atoms with E-state index >= 15 is 0 Å². The third-order valence-corrected chi connectivity index (χ3v) is 6.01. The second kappa shape index (κ2) is 6.34. The van der Waals surface area contributed by atoms with Crippen LogP contribution >= 0.6 is 0 Å². The van der Waals surface area contributed by atoms with Crippen LogP contribution in [-0.2, 0) is 0 Å². The maximum absolute atomic E-state index is 9.64. The fourth-order valence-electron chi connectivity index (χ4n) is 4.62. The van der Waals surface area contributed by atoms with E-state index in [0.717, 1.165) is 18.9 Å². The predicted octanol–water partition coefficient (Wildman–Crippen LogP) is 3.84. The van der Waals surface area contributed by atoms with E-state index in [-0.39, 0.29) is 0 Å². The van der Waals surface area contributed by atoms with Crippen molar-refractivity contribution in [3.05, 3.63) is 54.2 Å². The average molecular weight is 337 g/mol. The lowest BCUT2D eigenvalue weighted by atomic mass is 9.62. The minimum absolute atomic E-state index is 0.346. The van der Waals surface area contributed by atoms with Gasteiger partial charge in [0.15, 0.2) is 0 Å². The summed E-state index contributed by atoms with van der Waals surface area (Å²) >= 11 is 0. The first-order valence-electron chi connectivity index (χ1n) is 9.30.